The molecule has 0 aromatic heterocycles. The first-order valence-corrected chi connectivity index (χ1v) is 3.32. The van der Waals surface area contributed by atoms with E-state index in [4.69, 9.17) is 3.70 Å². The van der Waals surface area contributed by atoms with Crippen LogP contribution < -0.4 is 0 Å². The molecule has 0 bridgehead atoms. The molecule has 0 amide bonds. The fourth-order valence-electron chi connectivity index (χ4n) is 0.596. The normalized spacial score (nSPS) is 16.2. The van der Waals surface area contributed by atoms with Crippen LogP contribution in [0.25, 0.3) is 0 Å². The monoisotopic (exact) mass is 128 g/mol. The molecule has 0 saturated heterocycles. The molecular weight excluding hydrogens is 112 g/mol. The highest BCUT2D eigenvalue weighted by Gasteiger charge is 1.80. The van der Waals surface area contributed by atoms with Crippen molar-refractivity contribution in [1.29, 1.82) is 3.70 Å². The van der Waals surface area contributed by atoms with Gasteiger partial charge in [-0.1, -0.05) is 35.9 Å². The van der Waals surface area contributed by atoms with E-state index in [0.29, 0.717) is 6.04 Å². The molecule has 1 aromatic rings. The van der Waals surface area contributed by atoms with Crippen molar-refractivity contribution in [3.05, 3.63) is 35.9 Å². The van der Waals surface area contributed by atoms with E-state index in [1.165, 1.54) is 0 Å². The second-order valence-electron chi connectivity index (χ2n) is 1.66. The second kappa shape index (κ2) is 2.67. The van der Waals surface area contributed by atoms with Crippen molar-refractivity contribution in [2.75, 3.05) is 0 Å². The highest BCUT2D eigenvalue weighted by Crippen LogP contribution is 1.95. The van der Waals surface area contributed by atoms with Gasteiger partial charge in [0.25, 0.3) is 0 Å². The molecular formula is C7H10Si. The van der Waals surface area contributed by atoms with Crippen molar-refractivity contribution in [1.82, 2.24) is 0 Å². The molecule has 0 spiro atoms. The summed E-state index contributed by atoms with van der Waals surface area (Å²) in [6.07, 6.45) is 0. The summed E-state index contributed by atoms with van der Waals surface area (Å²) in [5.74, 6) is 0. The Balaban J connectivity index is 2.66. The third-order valence-corrected chi connectivity index (χ3v) is 1.46. The van der Waals surface area contributed by atoms with Crippen LogP contribution in [0.3, 0.4) is 0 Å². The number of benzene rings is 1. The highest BCUT2D eigenvalue weighted by molar-refractivity contribution is 6.08. The fraction of sp³-hybridized carbons (Fsp3) is 0.143. The zero-order valence-electron chi connectivity index (χ0n) is 7.59. The molecule has 0 heterocycles. The predicted molar refractivity (Wildman–Crippen MR) is 40.1 cm³/mol. The van der Waals surface area contributed by atoms with Crippen LogP contribution in [0.1, 0.15) is 5.56 Å². The van der Waals surface area contributed by atoms with Crippen LogP contribution in [0, 0.1) is 0 Å². The van der Waals surface area contributed by atoms with E-state index in [0.717, 1.165) is 5.56 Å². The number of hydrogen-bond acceptors (Lipinski definition) is 0. The quantitative estimate of drug-likeness (QED) is 0.510. The SMILES string of the molecule is [3H][Si]([3H])([3H])Cc1ccccc1. The van der Waals surface area contributed by atoms with Crippen molar-refractivity contribution >= 4 is 10.0 Å². The third kappa shape index (κ3) is 1.20. The van der Waals surface area contributed by atoms with Gasteiger partial charge in [-0.2, -0.15) is 0 Å². The van der Waals surface area contributed by atoms with Gasteiger partial charge < -0.3 is 0 Å². The summed E-state index contributed by atoms with van der Waals surface area (Å²) in [7, 11) is -3.15. The molecule has 8 heavy (non-hydrogen) atoms. The molecule has 0 aliphatic rings. The Kier molecular flexibility index (Phi) is 0.945. The van der Waals surface area contributed by atoms with Gasteiger partial charge in [0.1, 0.15) is 0 Å². The van der Waals surface area contributed by atoms with Crippen molar-refractivity contribution in [3.63, 3.8) is 0 Å². The van der Waals surface area contributed by atoms with Gasteiger partial charge in [0.05, 0.1) is 0 Å². The van der Waals surface area contributed by atoms with Crippen LogP contribution in [-0.2, 0) is 6.04 Å². The largest absolute Gasteiger partial charge is 0.0622 e. The molecule has 42 valence electrons. The summed E-state index contributed by atoms with van der Waals surface area (Å²) in [4.78, 5) is 0. The predicted octanol–water partition coefficient (Wildman–Crippen LogP) is 0.552. The molecule has 0 unspecified atom stereocenters. The molecule has 1 aromatic carbocycles. The molecule has 0 atom stereocenters. The summed E-state index contributed by atoms with van der Waals surface area (Å²) in [5.41, 5.74) is 0.930. The van der Waals surface area contributed by atoms with E-state index < -0.39 is 10.0 Å². The molecule has 0 radical (unpaired) electrons. The molecule has 0 N–H and O–H groups in total. The molecule has 0 aliphatic carbocycles. The summed E-state index contributed by atoms with van der Waals surface area (Å²) < 4.78 is 21.4. The fourth-order valence-corrected chi connectivity index (χ4v) is 0.832. The van der Waals surface area contributed by atoms with Crippen molar-refractivity contribution in [3.8, 4) is 0 Å². The van der Waals surface area contributed by atoms with E-state index >= 15 is 0 Å². The summed E-state index contributed by atoms with van der Waals surface area (Å²) in [6.45, 7) is 0. The van der Waals surface area contributed by atoms with Crippen LogP contribution in [0.15, 0.2) is 30.3 Å². The molecule has 1 heteroatoms. The molecule has 0 aliphatic heterocycles. The van der Waals surface area contributed by atoms with Gasteiger partial charge in [0, 0.05) is 13.7 Å². The Morgan fingerprint density at radius 1 is 1.38 bits per heavy atom. The van der Waals surface area contributed by atoms with E-state index in [9.17, 15) is 0 Å². The van der Waals surface area contributed by atoms with Gasteiger partial charge in [-0.3, -0.25) is 0 Å². The van der Waals surface area contributed by atoms with Gasteiger partial charge in [-0.15, -0.1) is 0 Å². The Labute approximate surface area is 56.6 Å². The smallest absolute Gasteiger partial charge is 0.00833 e. The minimum absolute atomic E-state index is 0.299. The highest BCUT2D eigenvalue weighted by atomic mass is 28.1. The minimum Gasteiger partial charge on any atom is -0.0622 e. The van der Waals surface area contributed by atoms with Gasteiger partial charge in [-0.05, 0) is 6.04 Å². The van der Waals surface area contributed by atoms with Gasteiger partial charge in [0.2, 0.25) is 0 Å². The molecule has 1 rings (SSSR count). The number of hydrogen-bond donors (Lipinski definition) is 0. The summed E-state index contributed by atoms with van der Waals surface area (Å²) >= 11 is 0. The maximum Gasteiger partial charge on any atom is 0.00833 e. The van der Waals surface area contributed by atoms with E-state index in [-0.39, 0.29) is 0 Å². The van der Waals surface area contributed by atoms with Crippen molar-refractivity contribution in [2.45, 2.75) is 6.04 Å². The summed E-state index contributed by atoms with van der Waals surface area (Å²) in [6, 6.07) is 9.65. The Hall–Kier alpha value is -0.563. The third-order valence-electron chi connectivity index (χ3n) is 1.05. The second-order valence-corrected chi connectivity index (χ2v) is 2.02. The van der Waals surface area contributed by atoms with Crippen LogP contribution in [0.2, 0.25) is 0 Å². The lowest BCUT2D eigenvalue weighted by Crippen LogP contribution is -1.78. The molecule has 0 saturated carbocycles. The lowest BCUT2D eigenvalue weighted by Gasteiger charge is -1.89. The lowest BCUT2D eigenvalue weighted by molar-refractivity contribution is 1.40. The summed E-state index contributed by atoms with van der Waals surface area (Å²) in [5, 5.41) is 0. The number of rotatable bonds is 2. The van der Waals surface area contributed by atoms with Crippen molar-refractivity contribution < 1.29 is 0 Å². The van der Waals surface area contributed by atoms with Gasteiger partial charge in [0.15, 0.2) is 0 Å². The average molecular weight is 128 g/mol. The maximum absolute atomic E-state index is 7.14. The van der Waals surface area contributed by atoms with Crippen LogP contribution in [0.4, 0.5) is 0 Å². The van der Waals surface area contributed by atoms with Crippen molar-refractivity contribution in [2.24, 2.45) is 0 Å². The topological polar surface area (TPSA) is 0 Å². The van der Waals surface area contributed by atoms with Gasteiger partial charge >= 0.3 is 0 Å². The zero-order chi connectivity index (χ0) is 8.32. The molecule has 0 fully saturated rings. The maximum atomic E-state index is 7.14. The van der Waals surface area contributed by atoms with E-state index in [1.54, 1.807) is 0 Å². The Morgan fingerprint density at radius 3 is 2.75 bits per heavy atom. The zero-order valence-corrected chi connectivity index (χ0v) is 5.59. The lowest BCUT2D eigenvalue weighted by atomic mass is 10.2. The first kappa shape index (κ1) is 2.83. The van der Waals surface area contributed by atoms with Crippen LogP contribution in [0.5, 0.6) is 0 Å². The first-order valence-electron chi connectivity index (χ1n) is 4.12. The van der Waals surface area contributed by atoms with Gasteiger partial charge in [-0.25, -0.2) is 0 Å². The van der Waals surface area contributed by atoms with E-state index in [2.05, 4.69) is 0 Å². The standard InChI is InChI=1S/C7H10Si/c8-6-7-4-2-1-3-5-7/h1-5H,6H2,8H3/i8T3. The minimum atomic E-state index is -3.15. The van der Waals surface area contributed by atoms with E-state index in [1.807, 2.05) is 30.3 Å². The van der Waals surface area contributed by atoms with Crippen LogP contribution in [-0.4, -0.2) is 13.7 Å². The first-order chi connectivity index (χ1) is 5.08. The van der Waals surface area contributed by atoms with Crippen LogP contribution >= 0.6 is 0 Å². The Bertz CT molecular complexity index is 217. The molecule has 0 nitrogen and oxygen atoms in total. The average Bonchev–Trinajstić information content (AvgIpc) is 1.85. The Morgan fingerprint density at radius 2 is 2.12 bits per heavy atom.